The van der Waals surface area contributed by atoms with Gasteiger partial charge >= 0.3 is 5.97 Å². The zero-order valence-corrected chi connectivity index (χ0v) is 13.9. The molecule has 0 unspecified atom stereocenters. The Labute approximate surface area is 144 Å². The van der Waals surface area contributed by atoms with Crippen molar-refractivity contribution in [3.05, 3.63) is 65.2 Å². The molecule has 5 nitrogen and oxygen atoms in total. The van der Waals surface area contributed by atoms with Crippen molar-refractivity contribution in [2.45, 2.75) is 6.42 Å². The quantitative estimate of drug-likeness (QED) is 0.928. The number of carbonyl (C=O) groups is 1. The first-order valence-electron chi connectivity index (χ1n) is 7.39. The molecule has 24 heavy (non-hydrogen) atoms. The van der Waals surface area contributed by atoms with Crippen LogP contribution in [0.15, 0.2) is 58.7 Å². The third kappa shape index (κ3) is 3.65. The fourth-order valence-corrected chi connectivity index (χ4v) is 3.15. The Morgan fingerprint density at radius 3 is 2.62 bits per heavy atom. The van der Waals surface area contributed by atoms with E-state index in [1.54, 1.807) is 7.11 Å². The molecule has 1 heterocycles. The molecule has 0 spiro atoms. The summed E-state index contributed by atoms with van der Waals surface area (Å²) >= 11 is 1.19. The summed E-state index contributed by atoms with van der Waals surface area (Å²) in [5.41, 5.74) is 3.84. The highest BCUT2D eigenvalue weighted by Crippen LogP contribution is 2.24. The molecule has 1 aliphatic rings. The molecule has 1 N–H and O–H groups in total. The lowest BCUT2D eigenvalue weighted by Crippen LogP contribution is -2.07. The van der Waals surface area contributed by atoms with Gasteiger partial charge < -0.3 is 9.84 Å². The molecule has 2 aromatic rings. The van der Waals surface area contributed by atoms with Gasteiger partial charge in [0.05, 0.1) is 18.6 Å². The summed E-state index contributed by atoms with van der Waals surface area (Å²) in [6, 6.07) is 15.5. The van der Waals surface area contributed by atoms with Crippen molar-refractivity contribution < 1.29 is 14.6 Å². The molecule has 0 fully saturated rings. The summed E-state index contributed by atoms with van der Waals surface area (Å²) in [4.78, 5) is 10.9. The lowest BCUT2D eigenvalue weighted by atomic mass is 9.99. The molecule has 122 valence electrons. The maximum atomic E-state index is 10.9. The molecule has 0 saturated carbocycles. The predicted octanol–water partition coefficient (Wildman–Crippen LogP) is 3.22. The molecule has 0 aliphatic carbocycles. The first kappa shape index (κ1) is 16.3. The molecule has 6 heteroatoms. The van der Waals surface area contributed by atoms with Gasteiger partial charge in [0.15, 0.2) is 0 Å². The molecule has 0 bridgehead atoms. The number of aliphatic carboxylic acids is 1. The van der Waals surface area contributed by atoms with Gasteiger partial charge in [-0.1, -0.05) is 36.0 Å². The predicted molar refractivity (Wildman–Crippen MR) is 96.3 cm³/mol. The van der Waals surface area contributed by atoms with Crippen molar-refractivity contribution in [2.75, 3.05) is 12.9 Å². The Hall–Kier alpha value is -2.60. The summed E-state index contributed by atoms with van der Waals surface area (Å²) < 4.78 is 5.18. The van der Waals surface area contributed by atoms with Crippen LogP contribution in [0.2, 0.25) is 0 Å². The van der Waals surface area contributed by atoms with Crippen molar-refractivity contribution in [3.8, 4) is 5.75 Å². The van der Waals surface area contributed by atoms with E-state index in [-0.39, 0.29) is 5.75 Å². The van der Waals surface area contributed by atoms with Gasteiger partial charge in [0.25, 0.3) is 0 Å². The number of hydrogen-bond donors (Lipinski definition) is 1. The Kier molecular flexibility index (Phi) is 4.96. The van der Waals surface area contributed by atoms with Crippen LogP contribution in [-0.4, -0.2) is 34.7 Å². The maximum absolute atomic E-state index is 10.9. The second-order valence-electron chi connectivity index (χ2n) is 5.20. The third-order valence-electron chi connectivity index (χ3n) is 3.62. The number of rotatable bonds is 4. The fraction of sp³-hybridized carbons (Fsp3) is 0.167. The van der Waals surface area contributed by atoms with Crippen LogP contribution >= 0.6 is 11.8 Å². The van der Waals surface area contributed by atoms with E-state index < -0.39 is 5.97 Å². The van der Waals surface area contributed by atoms with E-state index >= 15 is 0 Å². The fourth-order valence-electron chi connectivity index (χ4n) is 2.44. The van der Waals surface area contributed by atoms with Crippen molar-refractivity contribution in [1.29, 1.82) is 0 Å². The van der Waals surface area contributed by atoms with Crippen LogP contribution in [0.1, 0.15) is 16.7 Å². The van der Waals surface area contributed by atoms with Gasteiger partial charge in [-0.3, -0.25) is 4.79 Å². The first-order valence-corrected chi connectivity index (χ1v) is 8.38. The molecular weight excluding hydrogens is 324 g/mol. The van der Waals surface area contributed by atoms with Crippen molar-refractivity contribution >= 4 is 28.5 Å². The minimum atomic E-state index is -0.871. The standard InChI is InChI=1S/C18H16N2O3S/c1-23-14-8-6-12(7-9-14)16-10-13-4-2-3-5-15(13)18(20-19-16)24-11-17(21)22/h2-9H,10-11H2,1H3,(H,21,22). The third-order valence-corrected chi connectivity index (χ3v) is 4.59. The molecule has 3 rings (SSSR count). The van der Waals surface area contributed by atoms with Crippen LogP contribution < -0.4 is 4.74 Å². The molecule has 0 aromatic heterocycles. The Morgan fingerprint density at radius 2 is 1.92 bits per heavy atom. The number of fused-ring (bicyclic) bond motifs is 1. The Bertz CT molecular complexity index is 813. The van der Waals surface area contributed by atoms with Crippen LogP contribution in [0.4, 0.5) is 0 Å². The minimum absolute atomic E-state index is 0.0411. The smallest absolute Gasteiger partial charge is 0.313 e. The van der Waals surface area contributed by atoms with Gasteiger partial charge in [-0.2, -0.15) is 5.10 Å². The minimum Gasteiger partial charge on any atom is -0.497 e. The second-order valence-corrected chi connectivity index (χ2v) is 6.16. The lowest BCUT2D eigenvalue weighted by molar-refractivity contribution is -0.133. The topological polar surface area (TPSA) is 71.2 Å². The van der Waals surface area contributed by atoms with Gasteiger partial charge in [-0.25, -0.2) is 0 Å². The Morgan fingerprint density at radius 1 is 1.17 bits per heavy atom. The highest BCUT2D eigenvalue weighted by atomic mass is 32.2. The van der Waals surface area contributed by atoms with Crippen molar-refractivity contribution in [2.24, 2.45) is 10.2 Å². The van der Waals surface area contributed by atoms with E-state index in [4.69, 9.17) is 9.84 Å². The summed E-state index contributed by atoms with van der Waals surface area (Å²) in [5.74, 6) is -0.126. The molecular formula is C18H16N2O3S. The molecule has 0 amide bonds. The zero-order chi connectivity index (χ0) is 16.9. The van der Waals surface area contributed by atoms with E-state index in [2.05, 4.69) is 10.2 Å². The van der Waals surface area contributed by atoms with E-state index in [1.165, 1.54) is 11.8 Å². The van der Waals surface area contributed by atoms with E-state index in [9.17, 15) is 4.79 Å². The van der Waals surface area contributed by atoms with Gasteiger partial charge in [0.1, 0.15) is 10.8 Å². The van der Waals surface area contributed by atoms with Crippen LogP contribution in [0.3, 0.4) is 0 Å². The molecule has 0 atom stereocenters. The van der Waals surface area contributed by atoms with Crippen LogP contribution in [0.25, 0.3) is 0 Å². The normalized spacial score (nSPS) is 13.4. The van der Waals surface area contributed by atoms with Crippen molar-refractivity contribution in [1.82, 2.24) is 0 Å². The Balaban J connectivity index is 1.96. The molecule has 0 radical (unpaired) electrons. The number of ether oxygens (including phenoxy) is 1. The van der Waals surface area contributed by atoms with Crippen LogP contribution in [0.5, 0.6) is 5.75 Å². The SMILES string of the molecule is COc1ccc(C2=NN=C(SCC(=O)O)c3ccccc3C2)cc1. The van der Waals surface area contributed by atoms with Crippen LogP contribution in [0, 0.1) is 0 Å². The summed E-state index contributed by atoms with van der Waals surface area (Å²) in [5, 5.41) is 18.2. The number of carboxylic acid groups (broad SMARTS) is 1. The van der Waals surface area contributed by atoms with E-state index in [0.717, 1.165) is 28.2 Å². The van der Waals surface area contributed by atoms with E-state index in [1.807, 2.05) is 48.5 Å². The number of thioether (sulfide) groups is 1. The first-order chi connectivity index (χ1) is 11.7. The number of nitrogens with zero attached hydrogens (tertiary/aromatic N) is 2. The molecule has 2 aromatic carbocycles. The largest absolute Gasteiger partial charge is 0.497 e. The lowest BCUT2D eigenvalue weighted by Gasteiger charge is -2.08. The van der Waals surface area contributed by atoms with Gasteiger partial charge in [-0.15, -0.1) is 5.10 Å². The monoisotopic (exact) mass is 340 g/mol. The number of hydrogen-bond acceptors (Lipinski definition) is 5. The number of benzene rings is 2. The highest BCUT2D eigenvalue weighted by Gasteiger charge is 2.17. The van der Waals surface area contributed by atoms with Crippen LogP contribution in [-0.2, 0) is 11.2 Å². The van der Waals surface area contributed by atoms with Gasteiger partial charge in [0, 0.05) is 12.0 Å². The maximum Gasteiger partial charge on any atom is 0.313 e. The number of carboxylic acids is 1. The van der Waals surface area contributed by atoms with Gasteiger partial charge in [0.2, 0.25) is 0 Å². The summed E-state index contributed by atoms with van der Waals surface area (Å²) in [7, 11) is 1.63. The van der Waals surface area contributed by atoms with Gasteiger partial charge in [-0.05, 0) is 35.4 Å². The highest BCUT2D eigenvalue weighted by molar-refractivity contribution is 8.14. The zero-order valence-electron chi connectivity index (χ0n) is 13.1. The average molecular weight is 340 g/mol. The molecule has 1 aliphatic heterocycles. The van der Waals surface area contributed by atoms with E-state index in [0.29, 0.717) is 11.5 Å². The second kappa shape index (κ2) is 7.31. The summed E-state index contributed by atoms with van der Waals surface area (Å²) in [6.07, 6.45) is 0.642. The molecule has 0 saturated heterocycles. The van der Waals surface area contributed by atoms with Crippen molar-refractivity contribution in [3.63, 3.8) is 0 Å². The number of methoxy groups -OCH3 is 1. The summed E-state index contributed by atoms with van der Waals surface area (Å²) in [6.45, 7) is 0. The average Bonchev–Trinajstić information content (AvgIpc) is 2.79.